The first-order chi connectivity index (χ1) is 5.48. The first-order valence-electron chi connectivity index (χ1n) is 4.82. The molecule has 0 fully saturated rings. The first-order valence-corrected chi connectivity index (χ1v) is 7.94. The Morgan fingerprint density at radius 1 is 1.33 bits per heavy atom. The van der Waals surface area contributed by atoms with Crippen LogP contribution < -0.4 is 5.32 Å². The molecule has 12 heavy (non-hydrogen) atoms. The van der Waals surface area contributed by atoms with Gasteiger partial charge in [0.2, 0.25) is 0 Å². The van der Waals surface area contributed by atoms with Crippen molar-refractivity contribution in [1.29, 1.82) is 0 Å². The summed E-state index contributed by atoms with van der Waals surface area (Å²) in [5.74, 6) is 0.758. The summed E-state index contributed by atoms with van der Waals surface area (Å²) in [7, 11) is -1.37. The zero-order valence-electron chi connectivity index (χ0n) is 9.11. The minimum atomic E-state index is -1.37. The van der Waals surface area contributed by atoms with Crippen LogP contribution in [0, 0.1) is 5.92 Å². The molecule has 0 atom stereocenters. The third-order valence-corrected chi connectivity index (χ3v) is 4.44. The van der Waals surface area contributed by atoms with Crippen molar-refractivity contribution in [3.8, 4) is 0 Å². The maximum absolute atomic E-state index is 5.81. The van der Waals surface area contributed by atoms with Gasteiger partial charge in [-0.25, -0.2) is 0 Å². The van der Waals surface area contributed by atoms with Gasteiger partial charge < -0.3 is 4.43 Å². The van der Waals surface area contributed by atoms with Crippen LogP contribution in [0.2, 0.25) is 19.1 Å². The molecule has 0 spiro atoms. The summed E-state index contributed by atoms with van der Waals surface area (Å²) >= 11 is 0. The van der Waals surface area contributed by atoms with Gasteiger partial charge in [0.25, 0.3) is 0 Å². The average molecular weight is 189 g/mol. The average Bonchev–Trinajstić information content (AvgIpc) is 1.84. The van der Waals surface area contributed by atoms with Crippen molar-refractivity contribution in [2.24, 2.45) is 5.92 Å². The van der Waals surface area contributed by atoms with Crippen LogP contribution in [0.1, 0.15) is 20.8 Å². The Kier molecular flexibility index (Phi) is 5.79. The molecule has 2 nitrogen and oxygen atoms in total. The monoisotopic (exact) mass is 189 g/mol. The fraction of sp³-hybridized carbons (Fsp3) is 1.00. The van der Waals surface area contributed by atoms with Crippen molar-refractivity contribution in [2.75, 3.05) is 13.3 Å². The Bertz CT molecular complexity index is 115. The van der Waals surface area contributed by atoms with Gasteiger partial charge in [0, 0.05) is 0 Å². The third-order valence-electron chi connectivity index (χ3n) is 1.71. The molecule has 3 heteroatoms. The predicted octanol–water partition coefficient (Wildman–Crippen LogP) is 2.43. The second-order valence-electron chi connectivity index (χ2n) is 4.25. The lowest BCUT2D eigenvalue weighted by Crippen LogP contribution is -2.36. The van der Waals surface area contributed by atoms with Crippen LogP contribution in [0.5, 0.6) is 0 Å². The minimum absolute atomic E-state index is 0.725. The Morgan fingerprint density at radius 2 is 1.92 bits per heavy atom. The van der Waals surface area contributed by atoms with Gasteiger partial charge in [0.05, 0.1) is 6.73 Å². The molecule has 0 heterocycles. The van der Waals surface area contributed by atoms with E-state index in [1.807, 2.05) is 0 Å². The van der Waals surface area contributed by atoms with E-state index in [1.165, 1.54) is 6.04 Å². The molecule has 0 aliphatic rings. The summed E-state index contributed by atoms with van der Waals surface area (Å²) in [6.07, 6.45) is 0. The highest BCUT2D eigenvalue weighted by Gasteiger charge is 2.23. The molecule has 0 aromatic carbocycles. The molecule has 0 aromatic rings. The van der Waals surface area contributed by atoms with Gasteiger partial charge in [0.1, 0.15) is 0 Å². The van der Waals surface area contributed by atoms with Crippen LogP contribution >= 0.6 is 0 Å². The van der Waals surface area contributed by atoms with Crippen molar-refractivity contribution in [1.82, 2.24) is 5.32 Å². The molecular weight excluding hydrogens is 166 g/mol. The number of nitrogens with one attached hydrogen (secondary N) is 1. The molecule has 0 aliphatic heterocycles. The zero-order valence-corrected chi connectivity index (χ0v) is 10.1. The largest absolute Gasteiger partial charge is 0.405 e. The number of hydrogen-bond donors (Lipinski definition) is 1. The smallest absolute Gasteiger partial charge is 0.188 e. The number of rotatable bonds is 6. The van der Waals surface area contributed by atoms with Crippen LogP contribution in [0.25, 0.3) is 0 Å². The second kappa shape index (κ2) is 5.73. The van der Waals surface area contributed by atoms with Crippen LogP contribution in [0.4, 0.5) is 0 Å². The maximum Gasteiger partial charge on any atom is 0.188 e. The van der Waals surface area contributed by atoms with Gasteiger partial charge in [-0.15, -0.1) is 0 Å². The van der Waals surface area contributed by atoms with Gasteiger partial charge in [-0.05, 0) is 31.6 Å². The highest BCUT2D eigenvalue weighted by atomic mass is 28.4. The van der Waals surface area contributed by atoms with Crippen molar-refractivity contribution in [3.63, 3.8) is 0 Å². The van der Waals surface area contributed by atoms with Crippen LogP contribution in [-0.2, 0) is 4.43 Å². The molecule has 0 amide bonds. The molecule has 0 rings (SSSR count). The second-order valence-corrected chi connectivity index (χ2v) is 8.47. The maximum atomic E-state index is 5.81. The lowest BCUT2D eigenvalue weighted by Gasteiger charge is -2.24. The fourth-order valence-electron chi connectivity index (χ4n) is 1.39. The summed E-state index contributed by atoms with van der Waals surface area (Å²) in [4.78, 5) is 0. The molecule has 0 aliphatic carbocycles. The van der Waals surface area contributed by atoms with E-state index in [1.54, 1.807) is 0 Å². The van der Waals surface area contributed by atoms with E-state index in [0.29, 0.717) is 0 Å². The Morgan fingerprint density at radius 3 is 2.33 bits per heavy atom. The van der Waals surface area contributed by atoms with E-state index < -0.39 is 8.32 Å². The fourth-order valence-corrected chi connectivity index (χ4v) is 3.97. The summed E-state index contributed by atoms with van der Waals surface area (Å²) in [6.45, 7) is 12.9. The van der Waals surface area contributed by atoms with Crippen molar-refractivity contribution in [3.05, 3.63) is 0 Å². The van der Waals surface area contributed by atoms with Crippen LogP contribution in [-0.4, -0.2) is 21.6 Å². The molecule has 0 aromatic heterocycles. The van der Waals surface area contributed by atoms with E-state index >= 15 is 0 Å². The normalized spacial score (nSPS) is 12.5. The SMILES string of the molecule is CCNCO[Si](C)(C)CC(C)C. The number of hydrogen-bond acceptors (Lipinski definition) is 2. The van der Waals surface area contributed by atoms with Crippen LogP contribution in [0.15, 0.2) is 0 Å². The molecule has 0 saturated carbocycles. The van der Waals surface area contributed by atoms with Gasteiger partial charge in [-0.2, -0.15) is 0 Å². The third kappa shape index (κ3) is 6.82. The van der Waals surface area contributed by atoms with E-state index in [4.69, 9.17) is 4.43 Å². The standard InChI is InChI=1S/C9H23NOSi/c1-6-10-8-11-12(4,5)7-9(2)3/h9-10H,6-8H2,1-5H3. The summed E-state index contributed by atoms with van der Waals surface area (Å²) in [5, 5.41) is 3.19. The van der Waals surface area contributed by atoms with Gasteiger partial charge in [-0.1, -0.05) is 20.8 Å². The molecule has 0 saturated heterocycles. The lowest BCUT2D eigenvalue weighted by atomic mass is 10.3. The quantitative estimate of drug-likeness (QED) is 0.394. The Hall–Kier alpha value is 0.137. The van der Waals surface area contributed by atoms with Crippen molar-refractivity contribution in [2.45, 2.75) is 39.9 Å². The molecule has 0 bridgehead atoms. The molecular formula is C9H23NOSi. The Balaban J connectivity index is 3.56. The van der Waals surface area contributed by atoms with Crippen molar-refractivity contribution < 1.29 is 4.43 Å². The molecule has 1 N–H and O–H groups in total. The highest BCUT2D eigenvalue weighted by molar-refractivity contribution is 6.71. The topological polar surface area (TPSA) is 21.3 Å². The van der Waals surface area contributed by atoms with E-state index in [9.17, 15) is 0 Å². The van der Waals surface area contributed by atoms with Crippen LogP contribution in [0.3, 0.4) is 0 Å². The predicted molar refractivity (Wildman–Crippen MR) is 56.8 cm³/mol. The van der Waals surface area contributed by atoms with Crippen molar-refractivity contribution >= 4 is 8.32 Å². The van der Waals surface area contributed by atoms with E-state index in [0.717, 1.165) is 19.2 Å². The molecule has 74 valence electrons. The van der Waals surface area contributed by atoms with E-state index in [-0.39, 0.29) is 0 Å². The zero-order chi connectivity index (χ0) is 9.61. The highest BCUT2D eigenvalue weighted by Crippen LogP contribution is 2.16. The minimum Gasteiger partial charge on any atom is -0.405 e. The molecule has 0 radical (unpaired) electrons. The first kappa shape index (κ1) is 12.1. The molecule has 0 unspecified atom stereocenters. The van der Waals surface area contributed by atoms with Gasteiger partial charge in [0.15, 0.2) is 8.32 Å². The van der Waals surface area contributed by atoms with Gasteiger partial charge in [-0.3, -0.25) is 5.32 Å². The van der Waals surface area contributed by atoms with Gasteiger partial charge >= 0.3 is 0 Å². The summed E-state index contributed by atoms with van der Waals surface area (Å²) in [5.41, 5.74) is 0. The van der Waals surface area contributed by atoms with E-state index in [2.05, 4.69) is 39.2 Å². The summed E-state index contributed by atoms with van der Waals surface area (Å²) in [6, 6.07) is 1.25. The Labute approximate surface area is 77.8 Å². The summed E-state index contributed by atoms with van der Waals surface area (Å²) < 4.78 is 5.81. The lowest BCUT2D eigenvalue weighted by molar-refractivity contribution is 0.274.